The van der Waals surface area contributed by atoms with Crippen molar-refractivity contribution in [1.29, 1.82) is 0 Å². The largest absolute Gasteiger partial charge is 0.455 e. The Morgan fingerprint density at radius 3 is 2.64 bits per heavy atom. The van der Waals surface area contributed by atoms with E-state index >= 15 is 0 Å². The Bertz CT molecular complexity index is 615. The van der Waals surface area contributed by atoms with Crippen LogP contribution in [0, 0.1) is 5.41 Å². The second-order valence-corrected chi connectivity index (χ2v) is 7.75. The second kappa shape index (κ2) is 6.74. The SMILES string of the molecule is CO[C@@H]1C[C@H](O)C12CCN(C(=O)c1ccc(CN3CCCC3)o1)CC2. The number of amides is 1. The molecule has 1 aromatic rings. The first-order valence-corrected chi connectivity index (χ1v) is 9.43. The maximum absolute atomic E-state index is 12.7. The summed E-state index contributed by atoms with van der Waals surface area (Å²) in [6.45, 7) is 4.32. The molecule has 25 heavy (non-hydrogen) atoms. The molecule has 1 saturated carbocycles. The number of piperidine rings is 1. The Balaban J connectivity index is 1.35. The second-order valence-electron chi connectivity index (χ2n) is 7.75. The highest BCUT2D eigenvalue weighted by Gasteiger charge is 2.56. The standard InChI is InChI=1S/C19H28N2O4/c1-24-17-12-16(22)19(17)6-10-21(11-7-19)18(23)15-5-4-14(25-15)13-20-8-2-3-9-20/h4-5,16-17,22H,2-3,6-13H2,1H3/t16-,17+/m0/s1. The molecule has 1 amide bonds. The summed E-state index contributed by atoms with van der Waals surface area (Å²) in [5.74, 6) is 1.26. The lowest BCUT2D eigenvalue weighted by Crippen LogP contribution is -2.62. The van der Waals surface area contributed by atoms with E-state index in [2.05, 4.69) is 4.90 Å². The summed E-state index contributed by atoms with van der Waals surface area (Å²) < 4.78 is 11.3. The van der Waals surface area contributed by atoms with Crippen LogP contribution in [-0.4, -0.2) is 66.3 Å². The van der Waals surface area contributed by atoms with Crippen molar-refractivity contribution < 1.29 is 19.1 Å². The zero-order chi connectivity index (χ0) is 17.4. The predicted molar refractivity (Wildman–Crippen MR) is 92.2 cm³/mol. The third-order valence-electron chi connectivity index (χ3n) is 6.46. The molecule has 0 aromatic carbocycles. The van der Waals surface area contributed by atoms with Crippen LogP contribution in [0.1, 0.15) is 48.4 Å². The summed E-state index contributed by atoms with van der Waals surface area (Å²) >= 11 is 0. The molecule has 3 aliphatic rings. The molecule has 1 spiro atoms. The predicted octanol–water partition coefficient (Wildman–Crippen LogP) is 1.88. The number of hydrogen-bond donors (Lipinski definition) is 1. The third kappa shape index (κ3) is 3.00. The molecule has 1 aliphatic carbocycles. The molecule has 0 bridgehead atoms. The number of likely N-dealkylation sites (tertiary alicyclic amines) is 2. The van der Waals surface area contributed by atoms with E-state index in [9.17, 15) is 9.90 Å². The Hall–Kier alpha value is -1.37. The topological polar surface area (TPSA) is 66.2 Å². The van der Waals surface area contributed by atoms with Gasteiger partial charge in [0.05, 0.1) is 18.8 Å². The number of rotatable bonds is 4. The van der Waals surface area contributed by atoms with Crippen molar-refractivity contribution >= 4 is 5.91 Å². The summed E-state index contributed by atoms with van der Waals surface area (Å²) in [5, 5.41) is 10.2. The minimum absolute atomic E-state index is 0.0368. The van der Waals surface area contributed by atoms with Crippen LogP contribution in [-0.2, 0) is 11.3 Å². The monoisotopic (exact) mass is 348 g/mol. The molecule has 1 N–H and O–H groups in total. The number of nitrogens with zero attached hydrogens (tertiary/aromatic N) is 2. The van der Waals surface area contributed by atoms with Gasteiger partial charge in [0.25, 0.3) is 5.91 Å². The van der Waals surface area contributed by atoms with Crippen LogP contribution in [0.5, 0.6) is 0 Å². The van der Waals surface area contributed by atoms with Crippen molar-refractivity contribution in [2.45, 2.75) is 50.9 Å². The quantitative estimate of drug-likeness (QED) is 0.900. The summed E-state index contributed by atoms with van der Waals surface area (Å²) in [4.78, 5) is 16.9. The first-order valence-electron chi connectivity index (χ1n) is 9.43. The van der Waals surface area contributed by atoms with Crippen LogP contribution in [0.15, 0.2) is 16.5 Å². The number of furan rings is 1. The minimum Gasteiger partial charge on any atom is -0.455 e. The smallest absolute Gasteiger partial charge is 0.289 e. The fourth-order valence-electron chi connectivity index (χ4n) is 4.73. The van der Waals surface area contributed by atoms with Gasteiger partial charge in [0.1, 0.15) is 5.76 Å². The van der Waals surface area contributed by atoms with E-state index in [-0.39, 0.29) is 23.5 Å². The number of methoxy groups -OCH3 is 1. The molecule has 0 unspecified atom stereocenters. The average Bonchev–Trinajstić information content (AvgIpc) is 3.31. The van der Waals surface area contributed by atoms with Gasteiger partial charge in [0.2, 0.25) is 0 Å². The molecular formula is C19H28N2O4. The number of hydrogen-bond acceptors (Lipinski definition) is 5. The molecule has 6 heteroatoms. The van der Waals surface area contributed by atoms with Gasteiger partial charge >= 0.3 is 0 Å². The fraction of sp³-hybridized carbons (Fsp3) is 0.737. The van der Waals surface area contributed by atoms with Crippen LogP contribution >= 0.6 is 0 Å². The van der Waals surface area contributed by atoms with Crippen molar-refractivity contribution in [2.24, 2.45) is 5.41 Å². The van der Waals surface area contributed by atoms with Crippen molar-refractivity contribution in [1.82, 2.24) is 9.80 Å². The van der Waals surface area contributed by atoms with Gasteiger partial charge in [-0.2, -0.15) is 0 Å². The zero-order valence-corrected chi connectivity index (χ0v) is 14.9. The van der Waals surface area contributed by atoms with E-state index in [0.29, 0.717) is 25.3 Å². The molecule has 3 heterocycles. The number of aliphatic hydroxyl groups excluding tert-OH is 1. The molecule has 4 rings (SSSR count). The van der Waals surface area contributed by atoms with Crippen molar-refractivity contribution in [3.63, 3.8) is 0 Å². The van der Waals surface area contributed by atoms with Gasteiger partial charge in [-0.05, 0) is 50.9 Å². The molecule has 0 radical (unpaired) electrons. The summed E-state index contributed by atoms with van der Waals surface area (Å²) in [7, 11) is 1.71. The van der Waals surface area contributed by atoms with Gasteiger partial charge in [-0.15, -0.1) is 0 Å². The number of carbonyl (C=O) groups excluding carboxylic acids is 1. The highest BCUT2D eigenvalue weighted by molar-refractivity contribution is 5.91. The van der Waals surface area contributed by atoms with Crippen molar-refractivity contribution in [3.05, 3.63) is 23.7 Å². The van der Waals surface area contributed by atoms with Crippen LogP contribution in [0.3, 0.4) is 0 Å². The Morgan fingerprint density at radius 1 is 1.28 bits per heavy atom. The highest BCUT2D eigenvalue weighted by atomic mass is 16.5. The molecule has 2 atom stereocenters. The van der Waals surface area contributed by atoms with Crippen molar-refractivity contribution in [2.75, 3.05) is 33.3 Å². The van der Waals surface area contributed by atoms with Crippen LogP contribution < -0.4 is 0 Å². The molecule has 2 saturated heterocycles. The van der Waals surface area contributed by atoms with Gasteiger partial charge in [0.15, 0.2) is 5.76 Å². The maximum atomic E-state index is 12.7. The molecule has 3 fully saturated rings. The number of carbonyl (C=O) groups is 1. The molecular weight excluding hydrogens is 320 g/mol. The summed E-state index contributed by atoms with van der Waals surface area (Å²) in [6.07, 6.45) is 4.61. The molecule has 2 aliphatic heterocycles. The minimum atomic E-state index is -0.301. The first-order chi connectivity index (χ1) is 12.1. The lowest BCUT2D eigenvalue weighted by molar-refractivity contribution is -0.199. The fourth-order valence-corrected chi connectivity index (χ4v) is 4.73. The number of ether oxygens (including phenoxy) is 1. The van der Waals surface area contributed by atoms with E-state index in [0.717, 1.165) is 38.2 Å². The Morgan fingerprint density at radius 2 is 2.00 bits per heavy atom. The van der Waals surface area contributed by atoms with Crippen LogP contribution in [0.4, 0.5) is 0 Å². The van der Waals surface area contributed by atoms with E-state index in [4.69, 9.17) is 9.15 Å². The van der Waals surface area contributed by atoms with Crippen LogP contribution in [0.2, 0.25) is 0 Å². The van der Waals surface area contributed by atoms with Gasteiger partial charge in [-0.25, -0.2) is 0 Å². The lowest BCUT2D eigenvalue weighted by atomic mass is 9.58. The van der Waals surface area contributed by atoms with Gasteiger partial charge in [-0.3, -0.25) is 9.69 Å². The number of aliphatic hydroxyl groups is 1. The van der Waals surface area contributed by atoms with Crippen molar-refractivity contribution in [3.8, 4) is 0 Å². The van der Waals surface area contributed by atoms with Gasteiger partial charge in [-0.1, -0.05) is 0 Å². The van der Waals surface area contributed by atoms with Crippen LogP contribution in [0.25, 0.3) is 0 Å². The first kappa shape index (κ1) is 17.1. The highest BCUT2D eigenvalue weighted by Crippen LogP contribution is 2.50. The Kier molecular flexibility index (Phi) is 4.60. The van der Waals surface area contributed by atoms with E-state index < -0.39 is 0 Å². The molecule has 6 nitrogen and oxygen atoms in total. The lowest BCUT2D eigenvalue weighted by Gasteiger charge is -2.56. The molecule has 1 aromatic heterocycles. The van der Waals surface area contributed by atoms with E-state index in [1.807, 2.05) is 11.0 Å². The van der Waals surface area contributed by atoms with Gasteiger partial charge in [0, 0.05) is 32.0 Å². The zero-order valence-electron chi connectivity index (χ0n) is 14.9. The molecule has 138 valence electrons. The summed E-state index contributed by atoms with van der Waals surface area (Å²) in [5.41, 5.74) is -0.157. The summed E-state index contributed by atoms with van der Waals surface area (Å²) in [6, 6.07) is 3.72. The average molecular weight is 348 g/mol. The maximum Gasteiger partial charge on any atom is 0.289 e. The normalized spacial score (nSPS) is 29.1. The van der Waals surface area contributed by atoms with Gasteiger partial charge < -0.3 is 19.2 Å². The third-order valence-corrected chi connectivity index (χ3v) is 6.46. The van der Waals surface area contributed by atoms with E-state index in [1.54, 1.807) is 13.2 Å². The Labute approximate surface area is 148 Å². The van der Waals surface area contributed by atoms with E-state index in [1.165, 1.54) is 12.8 Å².